The molecule has 7 heteroatoms. The number of anilines is 1. The molecular formula is C17H24ClF3N2O. The van der Waals surface area contributed by atoms with Gasteiger partial charge in [-0.05, 0) is 44.4 Å². The smallest absolute Gasteiger partial charge is 0.372 e. The molecule has 1 aromatic carbocycles. The van der Waals surface area contributed by atoms with E-state index < -0.39 is 17.8 Å². The third kappa shape index (κ3) is 5.58. The monoisotopic (exact) mass is 364 g/mol. The lowest BCUT2D eigenvalue weighted by atomic mass is 9.98. The van der Waals surface area contributed by atoms with E-state index in [1.54, 1.807) is 0 Å². The number of rotatable bonds is 6. The lowest BCUT2D eigenvalue weighted by molar-refractivity contribution is -0.137. The number of carbonyl (C=O) groups is 1. The van der Waals surface area contributed by atoms with Crippen LogP contribution >= 0.6 is 11.6 Å². The number of carbonyl (C=O) groups excluding carboxylic acids is 1. The molecule has 0 saturated heterocycles. The molecule has 0 saturated carbocycles. The van der Waals surface area contributed by atoms with Gasteiger partial charge in [0.15, 0.2) is 0 Å². The van der Waals surface area contributed by atoms with E-state index in [0.29, 0.717) is 5.69 Å². The van der Waals surface area contributed by atoms with Crippen molar-refractivity contribution in [3.8, 4) is 0 Å². The standard InChI is InChI=1S/C17H24ClF3N2O/c1-6-16(4,5)23-15(24)14(10(2)3)22-13-8-7-11(9-12(13)18)17(19,20)21/h7-10,14,22H,6H2,1-5H3,(H,23,24)/t14-/m1/s1. The number of hydrogen-bond acceptors (Lipinski definition) is 2. The van der Waals surface area contributed by atoms with Crippen LogP contribution in [-0.2, 0) is 11.0 Å². The van der Waals surface area contributed by atoms with Crippen molar-refractivity contribution in [1.29, 1.82) is 0 Å². The maximum absolute atomic E-state index is 12.7. The fourth-order valence-electron chi connectivity index (χ4n) is 2.01. The average Bonchev–Trinajstić information content (AvgIpc) is 2.43. The van der Waals surface area contributed by atoms with E-state index in [4.69, 9.17) is 11.6 Å². The topological polar surface area (TPSA) is 41.1 Å². The zero-order valence-corrected chi connectivity index (χ0v) is 15.3. The summed E-state index contributed by atoms with van der Waals surface area (Å²) in [6.07, 6.45) is -3.70. The number of amides is 1. The van der Waals surface area contributed by atoms with Crippen molar-refractivity contribution in [3.05, 3.63) is 28.8 Å². The molecule has 1 rings (SSSR count). The summed E-state index contributed by atoms with van der Waals surface area (Å²) in [7, 11) is 0. The largest absolute Gasteiger partial charge is 0.416 e. The van der Waals surface area contributed by atoms with Gasteiger partial charge in [0.1, 0.15) is 6.04 Å². The van der Waals surface area contributed by atoms with Crippen molar-refractivity contribution in [2.45, 2.75) is 58.8 Å². The Morgan fingerprint density at radius 3 is 2.25 bits per heavy atom. The minimum absolute atomic E-state index is 0.0713. The number of alkyl halides is 3. The van der Waals surface area contributed by atoms with Gasteiger partial charge in [0.25, 0.3) is 0 Å². The maximum Gasteiger partial charge on any atom is 0.416 e. The molecule has 0 aromatic heterocycles. The Balaban J connectivity index is 3.00. The average molecular weight is 365 g/mol. The van der Waals surface area contributed by atoms with E-state index >= 15 is 0 Å². The molecule has 136 valence electrons. The molecule has 0 aliphatic carbocycles. The summed E-state index contributed by atoms with van der Waals surface area (Å²) >= 11 is 5.96. The van der Waals surface area contributed by atoms with E-state index in [2.05, 4.69) is 10.6 Å². The van der Waals surface area contributed by atoms with Crippen LogP contribution in [0.25, 0.3) is 0 Å². The summed E-state index contributed by atoms with van der Waals surface area (Å²) in [6, 6.07) is 2.44. The second-order valence-corrected chi connectivity index (χ2v) is 7.19. The van der Waals surface area contributed by atoms with Gasteiger partial charge in [0.05, 0.1) is 16.3 Å². The molecule has 0 aliphatic heterocycles. The molecule has 1 aromatic rings. The van der Waals surface area contributed by atoms with Crippen LogP contribution < -0.4 is 10.6 Å². The van der Waals surface area contributed by atoms with Gasteiger partial charge in [-0.2, -0.15) is 13.2 Å². The quantitative estimate of drug-likeness (QED) is 0.737. The van der Waals surface area contributed by atoms with E-state index in [-0.39, 0.29) is 22.4 Å². The Bertz CT molecular complexity index is 586. The first-order valence-electron chi connectivity index (χ1n) is 7.82. The zero-order chi connectivity index (χ0) is 18.7. The van der Waals surface area contributed by atoms with Gasteiger partial charge in [0, 0.05) is 5.54 Å². The maximum atomic E-state index is 12.7. The van der Waals surface area contributed by atoms with E-state index in [0.717, 1.165) is 18.6 Å². The van der Waals surface area contributed by atoms with Crippen molar-refractivity contribution in [3.63, 3.8) is 0 Å². The van der Waals surface area contributed by atoms with Gasteiger partial charge in [-0.1, -0.05) is 32.4 Å². The van der Waals surface area contributed by atoms with Gasteiger partial charge >= 0.3 is 6.18 Å². The molecule has 1 amide bonds. The van der Waals surface area contributed by atoms with Gasteiger partial charge in [-0.25, -0.2) is 0 Å². The lowest BCUT2D eigenvalue weighted by Crippen LogP contribution is -2.51. The third-order valence-corrected chi connectivity index (χ3v) is 4.21. The van der Waals surface area contributed by atoms with E-state index in [1.807, 2.05) is 34.6 Å². The van der Waals surface area contributed by atoms with Crippen LogP contribution in [-0.4, -0.2) is 17.5 Å². The lowest BCUT2D eigenvalue weighted by Gasteiger charge is -2.30. The Morgan fingerprint density at radius 1 is 1.25 bits per heavy atom. The van der Waals surface area contributed by atoms with Crippen LogP contribution in [0.4, 0.5) is 18.9 Å². The van der Waals surface area contributed by atoms with E-state index in [9.17, 15) is 18.0 Å². The second-order valence-electron chi connectivity index (χ2n) is 6.79. The molecule has 1 atom stereocenters. The number of hydrogen-bond donors (Lipinski definition) is 2. The number of benzene rings is 1. The SMILES string of the molecule is CCC(C)(C)NC(=O)[C@H](Nc1ccc(C(F)(F)F)cc1Cl)C(C)C. The minimum Gasteiger partial charge on any atom is -0.372 e. The Hall–Kier alpha value is -1.43. The summed E-state index contributed by atoms with van der Waals surface area (Å²) < 4.78 is 38.1. The molecule has 0 bridgehead atoms. The summed E-state index contributed by atoms with van der Waals surface area (Å²) in [4.78, 5) is 12.5. The van der Waals surface area contributed by atoms with Crippen molar-refractivity contribution in [2.24, 2.45) is 5.92 Å². The highest BCUT2D eigenvalue weighted by Crippen LogP contribution is 2.34. The first-order valence-corrected chi connectivity index (χ1v) is 8.20. The predicted molar refractivity (Wildman–Crippen MR) is 91.2 cm³/mol. The van der Waals surface area contributed by atoms with E-state index in [1.165, 1.54) is 6.07 Å². The molecule has 0 spiro atoms. The van der Waals surface area contributed by atoms with Gasteiger partial charge in [-0.3, -0.25) is 4.79 Å². The fourth-order valence-corrected chi connectivity index (χ4v) is 2.25. The second kappa shape index (κ2) is 7.64. The highest BCUT2D eigenvalue weighted by Gasteiger charge is 2.32. The van der Waals surface area contributed by atoms with Crippen molar-refractivity contribution < 1.29 is 18.0 Å². The molecule has 0 aliphatic rings. The first kappa shape index (κ1) is 20.6. The highest BCUT2D eigenvalue weighted by atomic mass is 35.5. The normalized spacial score (nSPS) is 13.8. The molecule has 24 heavy (non-hydrogen) atoms. The summed E-state index contributed by atoms with van der Waals surface area (Å²) in [5.41, 5.74) is -0.890. The number of nitrogens with one attached hydrogen (secondary N) is 2. The first-order chi connectivity index (χ1) is 10.9. The third-order valence-electron chi connectivity index (χ3n) is 3.90. The molecule has 0 heterocycles. The molecule has 0 unspecified atom stereocenters. The van der Waals surface area contributed by atoms with Gasteiger partial charge < -0.3 is 10.6 Å². The predicted octanol–water partition coefficient (Wildman–Crippen LogP) is 5.10. The molecular weight excluding hydrogens is 341 g/mol. The fraction of sp³-hybridized carbons (Fsp3) is 0.588. The van der Waals surface area contributed by atoms with Crippen LogP contribution in [0.3, 0.4) is 0 Å². The Morgan fingerprint density at radius 2 is 1.83 bits per heavy atom. The van der Waals surface area contributed by atoms with Crippen LogP contribution in [0, 0.1) is 5.92 Å². The molecule has 0 fully saturated rings. The molecule has 0 radical (unpaired) electrons. The van der Waals surface area contributed by atoms with Crippen molar-refractivity contribution >= 4 is 23.2 Å². The summed E-state index contributed by atoms with van der Waals surface area (Å²) in [5.74, 6) is -0.288. The summed E-state index contributed by atoms with van der Waals surface area (Å²) in [5, 5.41) is 5.83. The van der Waals surface area contributed by atoms with Crippen LogP contribution in [0.15, 0.2) is 18.2 Å². The van der Waals surface area contributed by atoms with Gasteiger partial charge in [-0.15, -0.1) is 0 Å². The van der Waals surface area contributed by atoms with Crippen LogP contribution in [0.1, 0.15) is 46.6 Å². The Kier molecular flexibility index (Phi) is 6.56. The van der Waals surface area contributed by atoms with Crippen LogP contribution in [0.2, 0.25) is 5.02 Å². The Labute approximate surface area is 146 Å². The van der Waals surface area contributed by atoms with Crippen LogP contribution in [0.5, 0.6) is 0 Å². The summed E-state index contributed by atoms with van der Waals surface area (Å²) in [6.45, 7) is 9.49. The number of halogens is 4. The minimum atomic E-state index is -4.46. The molecule has 2 N–H and O–H groups in total. The van der Waals surface area contributed by atoms with Crippen molar-refractivity contribution in [2.75, 3.05) is 5.32 Å². The van der Waals surface area contributed by atoms with Gasteiger partial charge in [0.2, 0.25) is 5.91 Å². The zero-order valence-electron chi connectivity index (χ0n) is 14.5. The molecule has 3 nitrogen and oxygen atoms in total. The highest BCUT2D eigenvalue weighted by molar-refractivity contribution is 6.33. The van der Waals surface area contributed by atoms with Crippen molar-refractivity contribution in [1.82, 2.24) is 5.32 Å².